The summed E-state index contributed by atoms with van der Waals surface area (Å²) in [4.78, 5) is 0. The van der Waals surface area contributed by atoms with Crippen molar-refractivity contribution >= 4 is 0 Å². The summed E-state index contributed by atoms with van der Waals surface area (Å²) < 4.78 is 0. The third-order valence-corrected chi connectivity index (χ3v) is 1.76. The summed E-state index contributed by atoms with van der Waals surface area (Å²) in [6, 6.07) is 0.207. The van der Waals surface area contributed by atoms with Crippen molar-refractivity contribution in [2.75, 3.05) is 0 Å². The molecule has 0 radical (unpaired) electrons. The van der Waals surface area contributed by atoms with Crippen molar-refractivity contribution in [1.29, 1.82) is 0 Å². The molecule has 66 valence electrons. The minimum atomic E-state index is 0.207. The Kier molecular flexibility index (Phi) is 5.22. The fraction of sp³-hybridized carbons (Fsp3) is 0.800. The van der Waals surface area contributed by atoms with Crippen molar-refractivity contribution in [3.8, 4) is 0 Å². The van der Waals surface area contributed by atoms with E-state index in [0.29, 0.717) is 5.92 Å². The van der Waals surface area contributed by atoms with Gasteiger partial charge in [0.1, 0.15) is 0 Å². The molecule has 0 spiro atoms. The first-order valence-electron chi connectivity index (χ1n) is 4.54. The lowest BCUT2D eigenvalue weighted by Gasteiger charge is -2.11. The molecule has 1 atom stereocenters. The molecular formula is C10H21N. The van der Waals surface area contributed by atoms with Gasteiger partial charge in [-0.15, -0.1) is 0 Å². The SMILES string of the molecule is CCC/C(=C\C(C)N)C(C)C. The largest absolute Gasteiger partial charge is 0.325 e. The van der Waals surface area contributed by atoms with Gasteiger partial charge in [-0.2, -0.15) is 0 Å². The summed E-state index contributed by atoms with van der Waals surface area (Å²) in [5, 5.41) is 0. The molecule has 0 saturated heterocycles. The molecule has 0 heterocycles. The second-order valence-corrected chi connectivity index (χ2v) is 3.51. The van der Waals surface area contributed by atoms with E-state index in [1.54, 1.807) is 0 Å². The molecule has 0 aromatic carbocycles. The van der Waals surface area contributed by atoms with Gasteiger partial charge < -0.3 is 5.73 Å². The maximum absolute atomic E-state index is 5.68. The van der Waals surface area contributed by atoms with Crippen LogP contribution in [0, 0.1) is 5.92 Å². The lowest BCUT2D eigenvalue weighted by atomic mass is 9.97. The molecule has 0 aromatic heterocycles. The third-order valence-electron chi connectivity index (χ3n) is 1.76. The van der Waals surface area contributed by atoms with Gasteiger partial charge in [0, 0.05) is 6.04 Å². The number of allylic oxidation sites excluding steroid dienone is 1. The monoisotopic (exact) mass is 155 g/mol. The zero-order chi connectivity index (χ0) is 8.85. The van der Waals surface area contributed by atoms with Gasteiger partial charge in [-0.25, -0.2) is 0 Å². The van der Waals surface area contributed by atoms with E-state index in [4.69, 9.17) is 5.73 Å². The Morgan fingerprint density at radius 2 is 1.91 bits per heavy atom. The molecule has 0 saturated carbocycles. The molecule has 1 nitrogen and oxygen atoms in total. The van der Waals surface area contributed by atoms with Crippen LogP contribution < -0.4 is 5.73 Å². The minimum absolute atomic E-state index is 0.207. The first kappa shape index (κ1) is 10.7. The molecule has 11 heavy (non-hydrogen) atoms. The lowest BCUT2D eigenvalue weighted by molar-refractivity contribution is 0.688. The molecular weight excluding hydrogens is 134 g/mol. The second-order valence-electron chi connectivity index (χ2n) is 3.51. The molecule has 0 bridgehead atoms. The van der Waals surface area contributed by atoms with Crippen molar-refractivity contribution in [1.82, 2.24) is 0 Å². The molecule has 0 rings (SSSR count). The van der Waals surface area contributed by atoms with E-state index in [1.165, 1.54) is 18.4 Å². The van der Waals surface area contributed by atoms with E-state index in [0.717, 1.165) is 0 Å². The predicted molar refractivity (Wildman–Crippen MR) is 51.5 cm³/mol. The zero-order valence-corrected chi connectivity index (χ0v) is 8.22. The second kappa shape index (κ2) is 5.36. The van der Waals surface area contributed by atoms with E-state index in [2.05, 4.69) is 26.8 Å². The Hall–Kier alpha value is -0.300. The van der Waals surface area contributed by atoms with Crippen LogP contribution >= 0.6 is 0 Å². The summed E-state index contributed by atoms with van der Waals surface area (Å²) in [7, 11) is 0. The van der Waals surface area contributed by atoms with Crippen LogP contribution in [0.15, 0.2) is 11.6 Å². The fourth-order valence-corrected chi connectivity index (χ4v) is 1.19. The van der Waals surface area contributed by atoms with Crippen LogP contribution in [0.5, 0.6) is 0 Å². The van der Waals surface area contributed by atoms with Gasteiger partial charge in [-0.3, -0.25) is 0 Å². The Balaban J connectivity index is 4.08. The van der Waals surface area contributed by atoms with Gasteiger partial charge >= 0.3 is 0 Å². The van der Waals surface area contributed by atoms with E-state index in [9.17, 15) is 0 Å². The average molecular weight is 155 g/mol. The number of nitrogens with two attached hydrogens (primary N) is 1. The average Bonchev–Trinajstić information content (AvgIpc) is 1.86. The van der Waals surface area contributed by atoms with Crippen molar-refractivity contribution in [2.45, 2.75) is 46.6 Å². The number of hydrogen-bond acceptors (Lipinski definition) is 1. The Morgan fingerprint density at radius 3 is 2.18 bits per heavy atom. The maximum atomic E-state index is 5.68. The van der Waals surface area contributed by atoms with Gasteiger partial charge in [-0.1, -0.05) is 38.8 Å². The summed E-state index contributed by atoms with van der Waals surface area (Å²) in [5.74, 6) is 0.654. The molecule has 0 aliphatic carbocycles. The first-order chi connectivity index (χ1) is 5.07. The maximum Gasteiger partial charge on any atom is 0.0197 e. The van der Waals surface area contributed by atoms with Crippen LogP contribution in [0.25, 0.3) is 0 Å². The van der Waals surface area contributed by atoms with E-state index in [-0.39, 0.29) is 6.04 Å². The molecule has 0 fully saturated rings. The van der Waals surface area contributed by atoms with Crippen LogP contribution in [-0.4, -0.2) is 6.04 Å². The van der Waals surface area contributed by atoms with Crippen molar-refractivity contribution < 1.29 is 0 Å². The number of hydrogen-bond donors (Lipinski definition) is 1. The fourth-order valence-electron chi connectivity index (χ4n) is 1.19. The van der Waals surface area contributed by atoms with E-state index in [1.807, 2.05) is 6.92 Å². The van der Waals surface area contributed by atoms with Gasteiger partial charge in [0.15, 0.2) is 0 Å². The lowest BCUT2D eigenvalue weighted by Crippen LogP contribution is -2.13. The van der Waals surface area contributed by atoms with Gasteiger partial charge in [0.05, 0.1) is 0 Å². The minimum Gasteiger partial charge on any atom is -0.325 e. The molecule has 1 heteroatoms. The highest BCUT2D eigenvalue weighted by Crippen LogP contribution is 2.15. The van der Waals surface area contributed by atoms with Gasteiger partial charge in [-0.05, 0) is 19.3 Å². The highest BCUT2D eigenvalue weighted by atomic mass is 14.6. The topological polar surface area (TPSA) is 26.0 Å². The predicted octanol–water partition coefficient (Wildman–Crippen LogP) is 2.72. The summed E-state index contributed by atoms with van der Waals surface area (Å²) in [6.45, 7) is 8.68. The van der Waals surface area contributed by atoms with Crippen molar-refractivity contribution in [3.63, 3.8) is 0 Å². The van der Waals surface area contributed by atoms with Crippen LogP contribution in [0.2, 0.25) is 0 Å². The Morgan fingerprint density at radius 1 is 1.36 bits per heavy atom. The molecule has 1 unspecified atom stereocenters. The van der Waals surface area contributed by atoms with Crippen molar-refractivity contribution in [2.24, 2.45) is 11.7 Å². The molecule has 0 aliphatic rings. The van der Waals surface area contributed by atoms with Crippen LogP contribution in [-0.2, 0) is 0 Å². The van der Waals surface area contributed by atoms with Gasteiger partial charge in [0.2, 0.25) is 0 Å². The van der Waals surface area contributed by atoms with Crippen LogP contribution in [0.3, 0.4) is 0 Å². The normalized spacial score (nSPS) is 15.6. The summed E-state index contributed by atoms with van der Waals surface area (Å²) in [5.41, 5.74) is 7.19. The van der Waals surface area contributed by atoms with Gasteiger partial charge in [0.25, 0.3) is 0 Å². The Bertz CT molecular complexity index is 123. The van der Waals surface area contributed by atoms with E-state index >= 15 is 0 Å². The van der Waals surface area contributed by atoms with E-state index < -0.39 is 0 Å². The Labute approximate surface area is 70.7 Å². The molecule has 0 aliphatic heterocycles. The first-order valence-corrected chi connectivity index (χ1v) is 4.54. The van der Waals surface area contributed by atoms with Crippen LogP contribution in [0.4, 0.5) is 0 Å². The number of rotatable bonds is 4. The zero-order valence-electron chi connectivity index (χ0n) is 8.22. The van der Waals surface area contributed by atoms with Crippen LogP contribution in [0.1, 0.15) is 40.5 Å². The quantitative estimate of drug-likeness (QED) is 0.621. The molecule has 2 N–H and O–H groups in total. The summed E-state index contributed by atoms with van der Waals surface area (Å²) in [6.07, 6.45) is 4.60. The molecule has 0 aromatic rings. The smallest absolute Gasteiger partial charge is 0.0197 e. The van der Waals surface area contributed by atoms with Crippen molar-refractivity contribution in [3.05, 3.63) is 11.6 Å². The highest BCUT2D eigenvalue weighted by molar-refractivity contribution is 5.07. The standard InChI is InChI=1S/C10H21N/c1-5-6-10(8(2)3)7-9(4)11/h7-9H,5-6,11H2,1-4H3/b10-7+. The molecule has 0 amide bonds. The highest BCUT2D eigenvalue weighted by Gasteiger charge is 2.02. The third kappa shape index (κ3) is 5.02. The summed E-state index contributed by atoms with van der Waals surface area (Å²) >= 11 is 0.